The van der Waals surface area contributed by atoms with Crippen LogP contribution in [0.2, 0.25) is 0 Å². The summed E-state index contributed by atoms with van der Waals surface area (Å²) in [7, 11) is 0. The summed E-state index contributed by atoms with van der Waals surface area (Å²) in [5.74, 6) is 1.91. The molecule has 3 heterocycles. The molecule has 0 saturated carbocycles. The van der Waals surface area contributed by atoms with Crippen LogP contribution in [0.3, 0.4) is 0 Å². The Morgan fingerprint density at radius 2 is 2.06 bits per heavy atom. The lowest BCUT2D eigenvalue weighted by molar-refractivity contribution is -0.384. The first kappa shape index (κ1) is 19.1. The van der Waals surface area contributed by atoms with Gasteiger partial charge >= 0.3 is 0 Å². The van der Waals surface area contributed by atoms with Crippen molar-refractivity contribution in [2.24, 2.45) is 0 Å². The summed E-state index contributed by atoms with van der Waals surface area (Å²) in [6, 6.07) is 11.6. The fourth-order valence-corrected chi connectivity index (χ4v) is 3.90. The van der Waals surface area contributed by atoms with Crippen LogP contribution < -0.4 is 9.47 Å². The number of hydrogen-bond donors (Lipinski definition) is 0. The molecule has 3 aromatic rings. The minimum Gasteiger partial charge on any atom is -0.477 e. The monoisotopic (exact) mass is 418 g/mol. The average Bonchev–Trinajstić information content (AvgIpc) is 3.37. The van der Waals surface area contributed by atoms with Gasteiger partial charge in [0.05, 0.1) is 23.3 Å². The Balaban J connectivity index is 1.44. The summed E-state index contributed by atoms with van der Waals surface area (Å²) in [6.07, 6.45) is 3.16. The lowest BCUT2D eigenvalue weighted by Crippen LogP contribution is -2.31. The summed E-state index contributed by atoms with van der Waals surface area (Å²) in [5, 5.41) is 11.0. The summed E-state index contributed by atoms with van der Waals surface area (Å²) in [6.45, 7) is 3.48. The van der Waals surface area contributed by atoms with E-state index in [9.17, 15) is 14.9 Å². The lowest BCUT2D eigenvalue weighted by atomic mass is 10.00. The van der Waals surface area contributed by atoms with Gasteiger partial charge in [-0.05, 0) is 36.8 Å². The molecule has 0 spiro atoms. The summed E-state index contributed by atoms with van der Waals surface area (Å²) < 4.78 is 17.2. The highest BCUT2D eigenvalue weighted by Crippen LogP contribution is 2.43. The van der Waals surface area contributed by atoms with Crippen LogP contribution in [0.5, 0.6) is 11.5 Å². The number of nitro benzene ring substituents is 1. The third kappa shape index (κ3) is 3.47. The summed E-state index contributed by atoms with van der Waals surface area (Å²) >= 11 is 0. The minimum atomic E-state index is -0.474. The van der Waals surface area contributed by atoms with Gasteiger partial charge in [0, 0.05) is 29.8 Å². The van der Waals surface area contributed by atoms with Crippen LogP contribution in [0.15, 0.2) is 58.9 Å². The molecule has 0 unspecified atom stereocenters. The highest BCUT2D eigenvalue weighted by atomic mass is 16.6. The maximum Gasteiger partial charge on any atom is 0.270 e. The molecule has 156 valence electrons. The van der Waals surface area contributed by atoms with Crippen LogP contribution in [0.1, 0.15) is 32.8 Å². The number of rotatable bonds is 4. The molecular weight excluding hydrogens is 400 g/mol. The predicted molar refractivity (Wildman–Crippen MR) is 111 cm³/mol. The van der Waals surface area contributed by atoms with Gasteiger partial charge in [-0.15, -0.1) is 0 Å². The number of ether oxygens (including phenoxy) is 2. The molecule has 0 N–H and O–H groups in total. The van der Waals surface area contributed by atoms with Crippen LogP contribution in [-0.2, 0) is 13.1 Å². The molecule has 0 fully saturated rings. The van der Waals surface area contributed by atoms with Crippen molar-refractivity contribution in [2.45, 2.75) is 20.0 Å². The van der Waals surface area contributed by atoms with E-state index in [1.807, 2.05) is 25.1 Å². The van der Waals surface area contributed by atoms with Crippen molar-refractivity contribution in [2.75, 3.05) is 6.73 Å². The van der Waals surface area contributed by atoms with Crippen molar-refractivity contribution in [1.82, 2.24) is 4.90 Å². The molecule has 0 aliphatic carbocycles. The van der Waals surface area contributed by atoms with Gasteiger partial charge in [-0.1, -0.05) is 12.1 Å². The van der Waals surface area contributed by atoms with Crippen LogP contribution in [0.4, 0.5) is 5.69 Å². The molecule has 31 heavy (non-hydrogen) atoms. The van der Waals surface area contributed by atoms with Gasteiger partial charge in [-0.25, -0.2) is 0 Å². The van der Waals surface area contributed by atoms with Gasteiger partial charge in [0.25, 0.3) is 5.69 Å². The van der Waals surface area contributed by atoms with Gasteiger partial charge in [0.1, 0.15) is 24.0 Å². The molecule has 8 nitrogen and oxygen atoms in total. The highest BCUT2D eigenvalue weighted by molar-refractivity contribution is 6.15. The zero-order valence-corrected chi connectivity index (χ0v) is 16.7. The average molecular weight is 418 g/mol. The zero-order valence-electron chi connectivity index (χ0n) is 16.7. The number of allylic oxidation sites excluding steroid dienone is 1. The molecule has 8 heteroatoms. The SMILES string of the molecule is Cc1c2c(cc3c1O/C(=C\c1cccc([N+](=O)[O-])c1)C3=O)CN(Cc1ccco1)CO2. The second-order valence-electron chi connectivity index (χ2n) is 7.50. The van der Waals surface area contributed by atoms with E-state index in [-0.39, 0.29) is 17.2 Å². The molecule has 5 rings (SSSR count). The van der Waals surface area contributed by atoms with Crippen molar-refractivity contribution in [3.8, 4) is 11.5 Å². The van der Waals surface area contributed by atoms with E-state index in [1.165, 1.54) is 18.2 Å². The topological polar surface area (TPSA) is 95.0 Å². The first-order valence-electron chi connectivity index (χ1n) is 9.72. The van der Waals surface area contributed by atoms with Crippen LogP contribution >= 0.6 is 0 Å². The molecule has 0 radical (unpaired) electrons. The Labute approximate surface area is 177 Å². The minimum absolute atomic E-state index is 0.0472. The number of hydrogen-bond acceptors (Lipinski definition) is 7. The fourth-order valence-electron chi connectivity index (χ4n) is 3.90. The van der Waals surface area contributed by atoms with Crippen molar-refractivity contribution in [3.63, 3.8) is 0 Å². The molecule has 2 aliphatic heterocycles. The molecule has 2 aliphatic rings. The van der Waals surface area contributed by atoms with Gasteiger partial charge in [0.15, 0.2) is 5.76 Å². The Kier molecular flexibility index (Phi) is 4.56. The van der Waals surface area contributed by atoms with Crippen molar-refractivity contribution >= 4 is 17.5 Å². The van der Waals surface area contributed by atoms with Crippen LogP contribution in [0.25, 0.3) is 6.08 Å². The Morgan fingerprint density at radius 1 is 1.19 bits per heavy atom. The van der Waals surface area contributed by atoms with Crippen molar-refractivity contribution < 1.29 is 23.6 Å². The van der Waals surface area contributed by atoms with E-state index in [4.69, 9.17) is 13.9 Å². The number of furan rings is 1. The Morgan fingerprint density at radius 3 is 2.84 bits per heavy atom. The van der Waals surface area contributed by atoms with Gasteiger partial charge in [-0.2, -0.15) is 0 Å². The normalized spacial score (nSPS) is 16.5. The smallest absolute Gasteiger partial charge is 0.270 e. The second-order valence-corrected chi connectivity index (χ2v) is 7.50. The number of fused-ring (bicyclic) bond motifs is 2. The number of non-ortho nitro benzene ring substituents is 1. The van der Waals surface area contributed by atoms with Crippen molar-refractivity contribution in [1.29, 1.82) is 0 Å². The Hall–Kier alpha value is -3.91. The molecule has 1 aromatic heterocycles. The lowest BCUT2D eigenvalue weighted by Gasteiger charge is -2.29. The first-order chi connectivity index (χ1) is 15.0. The van der Waals surface area contributed by atoms with E-state index in [1.54, 1.807) is 18.4 Å². The zero-order chi connectivity index (χ0) is 21.5. The Bertz CT molecular complexity index is 1230. The first-order valence-corrected chi connectivity index (χ1v) is 9.72. The van der Waals surface area contributed by atoms with E-state index < -0.39 is 4.92 Å². The molecule has 0 amide bonds. The highest BCUT2D eigenvalue weighted by Gasteiger charge is 2.33. The number of ketones is 1. The quantitative estimate of drug-likeness (QED) is 0.351. The van der Waals surface area contributed by atoms with E-state index >= 15 is 0 Å². The molecule has 0 atom stereocenters. The standard InChI is InChI=1S/C23H18N2O6/c1-14-22-16(11-24(13-30-22)12-18-6-3-7-29-18)10-19-21(26)20(31-23(14)19)9-15-4-2-5-17(8-15)25(27)28/h2-10H,11-13H2,1H3/b20-9-. The second kappa shape index (κ2) is 7.41. The number of carbonyl (C=O) groups excluding carboxylic acids is 1. The van der Waals surface area contributed by atoms with Crippen molar-refractivity contribution in [3.05, 3.63) is 92.6 Å². The van der Waals surface area contributed by atoms with Gasteiger partial charge in [-0.3, -0.25) is 19.8 Å². The van der Waals surface area contributed by atoms with E-state index in [0.717, 1.165) is 22.6 Å². The maximum absolute atomic E-state index is 13.0. The third-order valence-electron chi connectivity index (χ3n) is 5.34. The number of nitrogens with zero attached hydrogens (tertiary/aromatic N) is 2. The number of nitro groups is 1. The summed E-state index contributed by atoms with van der Waals surface area (Å²) in [4.78, 5) is 25.6. The molecule has 2 aromatic carbocycles. The van der Waals surface area contributed by atoms with E-state index in [0.29, 0.717) is 36.7 Å². The van der Waals surface area contributed by atoms with E-state index in [2.05, 4.69) is 4.90 Å². The largest absolute Gasteiger partial charge is 0.477 e. The number of carbonyl (C=O) groups is 1. The predicted octanol–water partition coefficient (Wildman–Crippen LogP) is 4.46. The number of benzene rings is 2. The fraction of sp³-hybridized carbons (Fsp3) is 0.174. The van der Waals surface area contributed by atoms with Crippen LogP contribution in [0, 0.1) is 17.0 Å². The number of Topliss-reactive ketones (excluding diaryl/α,β-unsaturated/α-hetero) is 1. The maximum atomic E-state index is 13.0. The molecule has 0 saturated heterocycles. The molecular formula is C23H18N2O6. The molecule has 0 bridgehead atoms. The third-order valence-corrected chi connectivity index (χ3v) is 5.34. The van der Waals surface area contributed by atoms with Gasteiger partial charge in [0.2, 0.25) is 5.78 Å². The van der Waals surface area contributed by atoms with Crippen LogP contribution in [-0.4, -0.2) is 22.3 Å². The van der Waals surface area contributed by atoms with Gasteiger partial charge < -0.3 is 13.9 Å². The summed E-state index contributed by atoms with van der Waals surface area (Å²) in [5.41, 5.74) is 2.61.